The van der Waals surface area contributed by atoms with E-state index in [0.717, 1.165) is 33.4 Å². The number of benzene rings is 4. The second-order valence-corrected chi connectivity index (χ2v) is 10.3. The lowest BCUT2D eigenvalue weighted by Crippen LogP contribution is -2.34. The van der Waals surface area contributed by atoms with Crippen molar-refractivity contribution < 1.29 is 17.7 Å². The number of alkyl halides is 3. The molecule has 190 valence electrons. The molecule has 6 rings (SSSR count). The minimum absolute atomic E-state index is 0.226. The van der Waals surface area contributed by atoms with Gasteiger partial charge in [0.05, 0.1) is 11.1 Å². The van der Waals surface area contributed by atoms with E-state index in [1.165, 1.54) is 17.1 Å². The van der Waals surface area contributed by atoms with Crippen molar-refractivity contribution in [3.05, 3.63) is 108 Å². The van der Waals surface area contributed by atoms with E-state index >= 15 is 0 Å². The summed E-state index contributed by atoms with van der Waals surface area (Å²) in [6.07, 6.45) is -3.26. The standard InChI is InChI=1S/C33H28F3N2/c1-20(2)26-18-27(21(3)23-14-8-9-15-24(23)26)31-32-30(28(19-37(31)4)33(34,35)36)25-16-10-11-17-29(25)38(32)22-12-6-5-7-13-22/h5-20H,1-4H3/q+1. The monoisotopic (exact) mass is 509 g/mol. The molecule has 2 heterocycles. The maximum atomic E-state index is 14.6. The third-order valence-electron chi connectivity index (χ3n) is 7.59. The molecular weight excluding hydrogens is 481 g/mol. The zero-order valence-electron chi connectivity index (χ0n) is 21.8. The number of pyridine rings is 1. The first-order valence-corrected chi connectivity index (χ1v) is 12.8. The zero-order valence-corrected chi connectivity index (χ0v) is 21.8. The Bertz CT molecular complexity index is 1840. The molecule has 0 saturated carbocycles. The molecule has 0 N–H and O–H groups in total. The second kappa shape index (κ2) is 8.73. The van der Waals surface area contributed by atoms with Gasteiger partial charge in [0.1, 0.15) is 18.1 Å². The summed E-state index contributed by atoms with van der Waals surface area (Å²) in [6.45, 7) is 6.38. The summed E-state index contributed by atoms with van der Waals surface area (Å²) >= 11 is 0. The van der Waals surface area contributed by atoms with E-state index in [1.54, 1.807) is 17.7 Å². The van der Waals surface area contributed by atoms with Gasteiger partial charge in [0.25, 0.3) is 0 Å². The fourth-order valence-electron chi connectivity index (χ4n) is 5.88. The van der Waals surface area contributed by atoms with E-state index in [9.17, 15) is 13.2 Å². The molecule has 4 aromatic carbocycles. The molecule has 0 fully saturated rings. The van der Waals surface area contributed by atoms with Gasteiger partial charge in [-0.1, -0.05) is 74.5 Å². The molecule has 38 heavy (non-hydrogen) atoms. The van der Waals surface area contributed by atoms with Crippen molar-refractivity contribution in [1.82, 2.24) is 4.57 Å². The highest BCUT2D eigenvalue weighted by Crippen LogP contribution is 2.45. The third kappa shape index (κ3) is 3.60. The summed E-state index contributed by atoms with van der Waals surface area (Å²) in [5.41, 5.74) is 5.42. The van der Waals surface area contributed by atoms with Crippen LogP contribution in [0.5, 0.6) is 0 Å². The Morgan fingerprint density at radius 3 is 2.05 bits per heavy atom. The Kier molecular flexibility index (Phi) is 5.56. The Labute approximate surface area is 219 Å². The second-order valence-electron chi connectivity index (χ2n) is 10.3. The molecule has 2 aromatic heterocycles. The van der Waals surface area contributed by atoms with Gasteiger partial charge in [-0.15, -0.1) is 0 Å². The van der Waals surface area contributed by atoms with Gasteiger partial charge in [-0.2, -0.15) is 17.7 Å². The molecule has 0 bridgehead atoms. The van der Waals surface area contributed by atoms with Crippen molar-refractivity contribution in [1.29, 1.82) is 0 Å². The Balaban J connectivity index is 1.89. The number of para-hydroxylation sites is 2. The van der Waals surface area contributed by atoms with E-state index in [0.29, 0.717) is 10.9 Å². The molecule has 0 radical (unpaired) electrons. The van der Waals surface area contributed by atoms with E-state index < -0.39 is 11.7 Å². The summed E-state index contributed by atoms with van der Waals surface area (Å²) < 4.78 is 47.5. The highest BCUT2D eigenvalue weighted by atomic mass is 19.4. The first-order valence-electron chi connectivity index (χ1n) is 12.8. The number of fused-ring (bicyclic) bond motifs is 4. The van der Waals surface area contributed by atoms with Crippen LogP contribution >= 0.6 is 0 Å². The molecule has 6 aromatic rings. The van der Waals surface area contributed by atoms with Crippen molar-refractivity contribution in [2.75, 3.05) is 0 Å². The van der Waals surface area contributed by atoms with E-state index in [4.69, 9.17) is 0 Å². The number of rotatable bonds is 3. The SMILES string of the molecule is Cc1c(-c2c3c(c(C(F)(F)F)c[n+]2C)c2ccccc2n3-c2ccccc2)cc(C(C)C)c2ccccc12. The lowest BCUT2D eigenvalue weighted by atomic mass is 9.88. The molecule has 2 nitrogen and oxygen atoms in total. The molecule has 0 aliphatic carbocycles. The summed E-state index contributed by atoms with van der Waals surface area (Å²) in [5.74, 6) is 0.245. The largest absolute Gasteiger partial charge is 0.422 e. The van der Waals surface area contributed by atoms with E-state index in [-0.39, 0.29) is 11.3 Å². The number of hydrogen-bond acceptors (Lipinski definition) is 0. The minimum atomic E-state index is -4.51. The van der Waals surface area contributed by atoms with Crippen LogP contribution in [0.25, 0.3) is 49.5 Å². The molecule has 0 aliphatic heterocycles. The molecule has 0 saturated heterocycles. The normalized spacial score (nSPS) is 12.3. The fraction of sp³-hybridized carbons (Fsp3) is 0.182. The number of aromatic nitrogens is 2. The molecule has 5 heteroatoms. The Morgan fingerprint density at radius 2 is 1.39 bits per heavy atom. The maximum Gasteiger partial charge on any atom is 0.422 e. The van der Waals surface area contributed by atoms with Gasteiger partial charge in [-0.25, -0.2) is 0 Å². The summed E-state index contributed by atoms with van der Waals surface area (Å²) in [5, 5.41) is 3.11. The molecule has 0 spiro atoms. The van der Waals surface area contributed by atoms with Crippen LogP contribution in [0.3, 0.4) is 0 Å². The molecule has 0 atom stereocenters. The third-order valence-corrected chi connectivity index (χ3v) is 7.59. The minimum Gasteiger partial charge on any atom is -0.303 e. The Morgan fingerprint density at radius 1 is 0.789 bits per heavy atom. The fourth-order valence-corrected chi connectivity index (χ4v) is 5.88. The van der Waals surface area contributed by atoms with Crippen LogP contribution in [0.15, 0.2) is 91.1 Å². The van der Waals surface area contributed by atoms with Crippen molar-refractivity contribution in [3.63, 3.8) is 0 Å². The average Bonchev–Trinajstić information content (AvgIpc) is 3.23. The summed E-state index contributed by atoms with van der Waals surface area (Å²) in [6, 6.07) is 27.5. The van der Waals surface area contributed by atoms with Crippen LogP contribution in [-0.2, 0) is 13.2 Å². The van der Waals surface area contributed by atoms with Gasteiger partial charge in [0.2, 0.25) is 5.69 Å². The quantitative estimate of drug-likeness (QED) is 0.211. The highest BCUT2D eigenvalue weighted by molar-refractivity contribution is 6.14. The number of hydrogen-bond donors (Lipinski definition) is 0. The zero-order chi connectivity index (χ0) is 26.8. The lowest BCUT2D eigenvalue weighted by Gasteiger charge is -2.18. The lowest BCUT2D eigenvalue weighted by molar-refractivity contribution is -0.660. The first kappa shape index (κ1) is 24.2. The van der Waals surface area contributed by atoms with Crippen molar-refractivity contribution in [3.8, 4) is 16.9 Å². The predicted octanol–water partition coefficient (Wildman–Crippen LogP) is 8.88. The predicted molar refractivity (Wildman–Crippen MR) is 149 cm³/mol. The smallest absolute Gasteiger partial charge is 0.303 e. The van der Waals surface area contributed by atoms with Gasteiger partial charge < -0.3 is 4.57 Å². The van der Waals surface area contributed by atoms with Crippen molar-refractivity contribution in [2.24, 2.45) is 7.05 Å². The van der Waals surface area contributed by atoms with Gasteiger partial charge in [-0.05, 0) is 59.0 Å². The average molecular weight is 510 g/mol. The topological polar surface area (TPSA) is 8.81 Å². The van der Waals surface area contributed by atoms with E-state index in [1.807, 2.05) is 65.2 Å². The van der Waals surface area contributed by atoms with Crippen molar-refractivity contribution in [2.45, 2.75) is 32.9 Å². The summed E-state index contributed by atoms with van der Waals surface area (Å²) in [4.78, 5) is 0. The van der Waals surface area contributed by atoms with E-state index in [2.05, 4.69) is 39.0 Å². The van der Waals surface area contributed by atoms with Crippen LogP contribution < -0.4 is 4.57 Å². The van der Waals surface area contributed by atoms with Crippen LogP contribution in [-0.4, -0.2) is 4.57 Å². The molecule has 0 amide bonds. The molecule has 0 aliphatic rings. The van der Waals surface area contributed by atoms with Crippen LogP contribution in [0.1, 0.15) is 36.5 Å². The number of aryl methyl sites for hydroxylation is 2. The van der Waals surface area contributed by atoms with Gasteiger partial charge >= 0.3 is 6.18 Å². The molecule has 0 unspecified atom stereocenters. The van der Waals surface area contributed by atoms with Gasteiger partial charge in [0.15, 0.2) is 6.20 Å². The van der Waals surface area contributed by atoms with Gasteiger partial charge in [-0.3, -0.25) is 0 Å². The first-order chi connectivity index (χ1) is 18.2. The van der Waals surface area contributed by atoms with Crippen LogP contribution in [0.4, 0.5) is 13.2 Å². The van der Waals surface area contributed by atoms with Crippen LogP contribution in [0.2, 0.25) is 0 Å². The van der Waals surface area contributed by atoms with Crippen molar-refractivity contribution >= 4 is 32.6 Å². The van der Waals surface area contributed by atoms with Gasteiger partial charge in [0, 0.05) is 16.5 Å². The molecular formula is C33H28F3N2+. The Hall–Kier alpha value is -4.12. The number of halogens is 3. The highest BCUT2D eigenvalue weighted by Gasteiger charge is 2.40. The summed E-state index contributed by atoms with van der Waals surface area (Å²) in [7, 11) is 1.72. The number of nitrogens with zero attached hydrogens (tertiary/aromatic N) is 2. The maximum absolute atomic E-state index is 14.6. The van der Waals surface area contributed by atoms with Crippen LogP contribution in [0, 0.1) is 6.92 Å².